The summed E-state index contributed by atoms with van der Waals surface area (Å²) >= 11 is 0. The average Bonchev–Trinajstić information content (AvgIpc) is 2.89. The van der Waals surface area contributed by atoms with E-state index in [0.717, 1.165) is 44.1 Å². The maximum Gasteiger partial charge on any atom is 0.300 e. The van der Waals surface area contributed by atoms with Gasteiger partial charge in [-0.05, 0) is 38.4 Å². The molecule has 0 radical (unpaired) electrons. The van der Waals surface area contributed by atoms with Crippen LogP contribution in [0.2, 0.25) is 0 Å². The van der Waals surface area contributed by atoms with E-state index in [9.17, 15) is 0 Å². The first-order valence-corrected chi connectivity index (χ1v) is 9.37. The van der Waals surface area contributed by atoms with Gasteiger partial charge in [0.1, 0.15) is 5.69 Å². The Kier molecular flexibility index (Phi) is 10.5. The standard InChI is InChI=1S/C16H22N4.2C2H4O2/c1-13-6-5-8-15(19-13)16-18-10-11-20(16)12-14-7-3-2-4-9-17-14;2*1-2(3)4/h5-6,8,10-11,14,17H,2-4,7,9,12H2,1H3;2*1H3,(H,3,4). The molecular formula is C20H30N4O4. The van der Waals surface area contributed by atoms with E-state index >= 15 is 0 Å². The van der Waals surface area contributed by atoms with E-state index in [1.54, 1.807) is 0 Å². The van der Waals surface area contributed by atoms with Crippen LogP contribution in [-0.4, -0.2) is 49.3 Å². The van der Waals surface area contributed by atoms with E-state index in [0.29, 0.717) is 6.04 Å². The number of imidazole rings is 1. The number of rotatable bonds is 3. The number of aliphatic carboxylic acids is 2. The normalized spacial score (nSPS) is 15.9. The van der Waals surface area contributed by atoms with E-state index in [1.165, 1.54) is 25.7 Å². The third kappa shape index (κ3) is 9.82. The molecule has 0 bridgehead atoms. The largest absolute Gasteiger partial charge is 0.481 e. The van der Waals surface area contributed by atoms with Crippen molar-refractivity contribution in [1.29, 1.82) is 0 Å². The van der Waals surface area contributed by atoms with Gasteiger partial charge in [0, 0.05) is 44.5 Å². The van der Waals surface area contributed by atoms with Crippen LogP contribution in [0, 0.1) is 6.92 Å². The first kappa shape index (κ1) is 23.3. The summed E-state index contributed by atoms with van der Waals surface area (Å²) in [7, 11) is 0. The lowest BCUT2D eigenvalue weighted by atomic mass is 10.1. The van der Waals surface area contributed by atoms with Gasteiger partial charge >= 0.3 is 0 Å². The Labute approximate surface area is 165 Å². The summed E-state index contributed by atoms with van der Waals surface area (Å²) in [4.78, 5) is 27.1. The second kappa shape index (κ2) is 12.6. The molecule has 3 heterocycles. The number of carbonyl (C=O) groups is 2. The molecule has 0 spiro atoms. The van der Waals surface area contributed by atoms with Gasteiger partial charge in [0.2, 0.25) is 0 Å². The second-order valence-corrected chi connectivity index (χ2v) is 6.61. The highest BCUT2D eigenvalue weighted by molar-refractivity contribution is 5.63. The maximum absolute atomic E-state index is 9.00. The van der Waals surface area contributed by atoms with Crippen molar-refractivity contribution in [3.8, 4) is 11.5 Å². The monoisotopic (exact) mass is 390 g/mol. The first-order valence-electron chi connectivity index (χ1n) is 9.37. The van der Waals surface area contributed by atoms with Crippen molar-refractivity contribution in [2.75, 3.05) is 6.54 Å². The van der Waals surface area contributed by atoms with E-state index in [2.05, 4.69) is 26.0 Å². The van der Waals surface area contributed by atoms with Crippen LogP contribution in [0.3, 0.4) is 0 Å². The van der Waals surface area contributed by atoms with Crippen LogP contribution in [0.25, 0.3) is 11.5 Å². The Bertz CT molecular complexity index is 717. The number of hydrogen-bond donors (Lipinski definition) is 3. The van der Waals surface area contributed by atoms with Crippen molar-refractivity contribution in [1.82, 2.24) is 19.9 Å². The van der Waals surface area contributed by atoms with Crippen LogP contribution in [-0.2, 0) is 16.1 Å². The van der Waals surface area contributed by atoms with Crippen LogP contribution < -0.4 is 5.32 Å². The molecule has 0 aliphatic carbocycles. The molecule has 2 aromatic rings. The summed E-state index contributed by atoms with van der Waals surface area (Å²) in [5.74, 6) is -0.695. The van der Waals surface area contributed by atoms with Crippen molar-refractivity contribution >= 4 is 11.9 Å². The highest BCUT2D eigenvalue weighted by atomic mass is 16.4. The molecule has 3 rings (SSSR count). The molecule has 28 heavy (non-hydrogen) atoms. The minimum atomic E-state index is -0.833. The molecule has 8 heteroatoms. The number of nitrogens with one attached hydrogen (secondary N) is 1. The van der Waals surface area contributed by atoms with Crippen molar-refractivity contribution < 1.29 is 19.8 Å². The SMILES string of the molecule is CC(=O)O.CC(=O)O.Cc1cccc(-c2nccn2CC2CCCCCN2)n1. The summed E-state index contributed by atoms with van der Waals surface area (Å²) in [5, 5.41) is 18.5. The molecule has 1 aliphatic rings. The zero-order valence-electron chi connectivity index (χ0n) is 16.8. The smallest absolute Gasteiger partial charge is 0.300 e. The molecular weight excluding hydrogens is 360 g/mol. The van der Waals surface area contributed by atoms with Gasteiger partial charge in [-0.3, -0.25) is 9.59 Å². The maximum atomic E-state index is 9.00. The van der Waals surface area contributed by atoms with Crippen LogP contribution in [0.4, 0.5) is 0 Å². The van der Waals surface area contributed by atoms with Crippen LogP contribution in [0.1, 0.15) is 45.2 Å². The number of nitrogens with zero attached hydrogens (tertiary/aromatic N) is 3. The molecule has 1 unspecified atom stereocenters. The van der Waals surface area contributed by atoms with Gasteiger partial charge in [-0.1, -0.05) is 18.9 Å². The summed E-state index contributed by atoms with van der Waals surface area (Å²) < 4.78 is 2.23. The Hall–Kier alpha value is -2.74. The van der Waals surface area contributed by atoms with Crippen molar-refractivity contribution in [3.05, 3.63) is 36.3 Å². The minimum absolute atomic E-state index is 0.551. The molecule has 1 saturated heterocycles. The molecule has 0 saturated carbocycles. The first-order chi connectivity index (χ1) is 13.3. The van der Waals surface area contributed by atoms with Crippen molar-refractivity contribution in [3.63, 3.8) is 0 Å². The Morgan fingerprint density at radius 1 is 1.18 bits per heavy atom. The molecule has 2 aromatic heterocycles. The van der Waals surface area contributed by atoms with Gasteiger partial charge in [0.15, 0.2) is 5.82 Å². The van der Waals surface area contributed by atoms with E-state index < -0.39 is 11.9 Å². The minimum Gasteiger partial charge on any atom is -0.481 e. The van der Waals surface area contributed by atoms with Gasteiger partial charge in [-0.2, -0.15) is 0 Å². The number of hydrogen-bond acceptors (Lipinski definition) is 5. The summed E-state index contributed by atoms with van der Waals surface area (Å²) in [5.41, 5.74) is 1.99. The lowest BCUT2D eigenvalue weighted by Gasteiger charge is -2.17. The van der Waals surface area contributed by atoms with Gasteiger partial charge in [-0.25, -0.2) is 9.97 Å². The summed E-state index contributed by atoms with van der Waals surface area (Å²) in [6.45, 7) is 6.30. The zero-order valence-corrected chi connectivity index (χ0v) is 16.8. The van der Waals surface area contributed by atoms with Crippen LogP contribution in [0.15, 0.2) is 30.6 Å². The number of carboxylic acids is 2. The van der Waals surface area contributed by atoms with E-state index in [1.807, 2.05) is 31.3 Å². The molecule has 0 aromatic carbocycles. The van der Waals surface area contributed by atoms with Crippen LogP contribution in [0.5, 0.6) is 0 Å². The quantitative estimate of drug-likeness (QED) is 0.737. The van der Waals surface area contributed by atoms with Crippen molar-refractivity contribution in [2.24, 2.45) is 0 Å². The molecule has 154 valence electrons. The molecule has 0 amide bonds. The number of pyridine rings is 1. The predicted octanol–water partition coefficient (Wildman–Crippen LogP) is 2.97. The van der Waals surface area contributed by atoms with E-state index in [-0.39, 0.29) is 0 Å². The molecule has 3 N–H and O–H groups in total. The molecule has 8 nitrogen and oxygen atoms in total. The number of carboxylic acid groups (broad SMARTS) is 2. The Morgan fingerprint density at radius 3 is 2.50 bits per heavy atom. The zero-order chi connectivity index (χ0) is 20.9. The van der Waals surface area contributed by atoms with Gasteiger partial charge in [-0.15, -0.1) is 0 Å². The lowest BCUT2D eigenvalue weighted by Crippen LogP contribution is -2.32. The van der Waals surface area contributed by atoms with Gasteiger partial charge < -0.3 is 20.1 Å². The highest BCUT2D eigenvalue weighted by Gasteiger charge is 2.15. The summed E-state index contributed by atoms with van der Waals surface area (Å²) in [6.07, 6.45) is 9.15. The third-order valence-electron chi connectivity index (χ3n) is 3.91. The number of aryl methyl sites for hydroxylation is 1. The summed E-state index contributed by atoms with van der Waals surface area (Å²) in [6, 6.07) is 6.64. The van der Waals surface area contributed by atoms with Crippen LogP contribution >= 0.6 is 0 Å². The highest BCUT2D eigenvalue weighted by Crippen LogP contribution is 2.17. The number of aromatic nitrogens is 3. The van der Waals surface area contributed by atoms with Gasteiger partial charge in [0.25, 0.3) is 11.9 Å². The topological polar surface area (TPSA) is 117 Å². The second-order valence-electron chi connectivity index (χ2n) is 6.61. The van der Waals surface area contributed by atoms with Gasteiger partial charge in [0.05, 0.1) is 0 Å². The Morgan fingerprint density at radius 2 is 1.86 bits per heavy atom. The molecule has 1 atom stereocenters. The fourth-order valence-corrected chi connectivity index (χ4v) is 2.85. The Balaban J connectivity index is 0.000000420. The third-order valence-corrected chi connectivity index (χ3v) is 3.91. The van der Waals surface area contributed by atoms with E-state index in [4.69, 9.17) is 19.8 Å². The predicted molar refractivity (Wildman–Crippen MR) is 107 cm³/mol. The molecule has 1 aliphatic heterocycles. The molecule has 1 fully saturated rings. The van der Waals surface area contributed by atoms with Crippen molar-refractivity contribution in [2.45, 2.75) is 59.0 Å². The fraction of sp³-hybridized carbons (Fsp3) is 0.500. The average molecular weight is 390 g/mol. The lowest BCUT2D eigenvalue weighted by molar-refractivity contribution is -0.135. The fourth-order valence-electron chi connectivity index (χ4n) is 2.85.